The van der Waals surface area contributed by atoms with Gasteiger partial charge in [0.1, 0.15) is 5.75 Å². The summed E-state index contributed by atoms with van der Waals surface area (Å²) in [6.07, 6.45) is 3.04. The van der Waals surface area contributed by atoms with Gasteiger partial charge in [-0.25, -0.2) is 0 Å². The molecule has 0 fully saturated rings. The molecule has 47 heavy (non-hydrogen) atoms. The van der Waals surface area contributed by atoms with Crippen LogP contribution in [0.5, 0.6) is 46.0 Å². The Hall–Kier alpha value is -4.11. The van der Waals surface area contributed by atoms with Gasteiger partial charge in [0, 0.05) is 36.3 Å². The molecule has 0 saturated carbocycles. The largest absolute Gasteiger partial charge is 0.504 e. The monoisotopic (exact) mass is 656 g/mol. The highest BCUT2D eigenvalue weighted by Gasteiger charge is 2.37. The van der Waals surface area contributed by atoms with Crippen molar-refractivity contribution < 1.29 is 28.8 Å². The van der Waals surface area contributed by atoms with Crippen LogP contribution >= 0.6 is 11.6 Å². The number of nitrogens with zero attached hydrogens (tertiary/aromatic N) is 2. The number of rotatable bonds is 4. The van der Waals surface area contributed by atoms with Gasteiger partial charge in [0.25, 0.3) is 0 Å². The van der Waals surface area contributed by atoms with Crippen molar-refractivity contribution >= 4 is 11.6 Å². The molecule has 2 atom stereocenters. The van der Waals surface area contributed by atoms with Crippen molar-refractivity contribution in [2.75, 3.05) is 48.5 Å². The Labute approximate surface area is 281 Å². The van der Waals surface area contributed by atoms with Crippen LogP contribution in [0.2, 0.25) is 0 Å². The maximum atomic E-state index is 11.4. The lowest BCUT2D eigenvalue weighted by molar-refractivity contribution is 0.219. The minimum atomic E-state index is -0.103. The molecule has 8 rings (SSSR count). The maximum Gasteiger partial charge on any atom is 0.204 e. The lowest BCUT2D eigenvalue weighted by atomic mass is 9.84. The Morgan fingerprint density at radius 3 is 2.21 bits per heavy atom. The summed E-state index contributed by atoms with van der Waals surface area (Å²) in [5.41, 5.74) is 7.48. The number of phenols is 1. The molecule has 4 aromatic carbocycles. The summed E-state index contributed by atoms with van der Waals surface area (Å²) >= 11 is 6.64. The van der Waals surface area contributed by atoms with Crippen LogP contribution < -0.4 is 23.7 Å². The number of hydrogen-bond acceptors (Lipinski definition) is 8. The minimum absolute atomic E-state index is 0.0898. The van der Waals surface area contributed by atoms with Crippen molar-refractivity contribution in [2.45, 2.75) is 43.6 Å². The van der Waals surface area contributed by atoms with Gasteiger partial charge in [0.05, 0.1) is 27.2 Å². The molecule has 9 heteroatoms. The summed E-state index contributed by atoms with van der Waals surface area (Å²) < 4.78 is 31.0. The highest BCUT2D eigenvalue weighted by atomic mass is 35.5. The molecule has 0 spiro atoms. The Kier molecular flexibility index (Phi) is 8.59. The van der Waals surface area contributed by atoms with Crippen LogP contribution in [0.4, 0.5) is 0 Å². The number of likely N-dealkylation sites (N-methyl/N-ethyl adjacent to an activating group) is 2. The summed E-state index contributed by atoms with van der Waals surface area (Å²) in [5.74, 6) is 4.34. The van der Waals surface area contributed by atoms with Gasteiger partial charge >= 0.3 is 0 Å². The average Bonchev–Trinajstić information content (AvgIpc) is 3.08. The molecule has 0 aromatic heterocycles. The number of benzene rings is 4. The normalized spacial score (nSPS) is 19.1. The third kappa shape index (κ3) is 5.62. The van der Waals surface area contributed by atoms with Crippen LogP contribution in [-0.4, -0.2) is 63.4 Å². The van der Waals surface area contributed by atoms with Crippen LogP contribution in [0.25, 0.3) is 0 Å². The van der Waals surface area contributed by atoms with Gasteiger partial charge in [-0.3, -0.25) is 9.80 Å². The summed E-state index contributed by atoms with van der Waals surface area (Å²) in [5, 5.41) is 11.4. The number of phenolic OH excluding ortho intramolecular Hbond substituents is 1. The number of fused-ring (bicyclic) bond motifs is 2. The van der Waals surface area contributed by atoms with Crippen molar-refractivity contribution in [3.63, 3.8) is 0 Å². The molecule has 0 unspecified atom stereocenters. The van der Waals surface area contributed by atoms with Crippen molar-refractivity contribution in [1.82, 2.24) is 9.80 Å². The third-order valence-corrected chi connectivity index (χ3v) is 10.3. The molecule has 246 valence electrons. The van der Waals surface area contributed by atoms with Crippen LogP contribution in [0.1, 0.15) is 51.0 Å². The molecule has 4 aromatic rings. The smallest absolute Gasteiger partial charge is 0.204 e. The van der Waals surface area contributed by atoms with E-state index in [2.05, 4.69) is 48.2 Å². The molecular formula is C38H41ClN2O6. The zero-order valence-electron chi connectivity index (χ0n) is 27.6. The lowest BCUT2D eigenvalue weighted by Crippen LogP contribution is -2.34. The van der Waals surface area contributed by atoms with E-state index < -0.39 is 0 Å². The SMILES string of the molecule is COc1ccc2cc1Oc1ccc(cc1)C[C@H]1c3cc(c(O)cc3CCN1C)Oc1c(OC)c(OC)c(CCl)c3c1[C@H](C2)N(C)CC3. The van der Waals surface area contributed by atoms with Gasteiger partial charge in [0.15, 0.2) is 34.5 Å². The number of aromatic hydroxyl groups is 1. The van der Waals surface area contributed by atoms with Crippen LogP contribution in [0, 0.1) is 0 Å². The van der Waals surface area contributed by atoms with Gasteiger partial charge in [-0.15, -0.1) is 11.6 Å². The standard InChI is InChI=1S/C38H41ClN2O6/c1-40-14-12-24-19-31(42)33-20-27(24)29(40)16-22-6-9-25(10-7-22)46-34-18-23(8-11-32(34)43-3)17-30-35-26(13-15-41(30)2)28(21-39)36(44-4)38(45-5)37(35)47-33/h6-11,18-20,29-30,42H,12-17,21H2,1-5H3/t29-,30-/m0/s1. The third-order valence-electron chi connectivity index (χ3n) is 10.0. The highest BCUT2D eigenvalue weighted by molar-refractivity contribution is 6.17. The summed E-state index contributed by atoms with van der Waals surface area (Å²) in [6.45, 7) is 1.71. The second-order valence-electron chi connectivity index (χ2n) is 12.7. The Bertz CT molecular complexity index is 1810. The molecular weight excluding hydrogens is 616 g/mol. The Morgan fingerprint density at radius 1 is 0.787 bits per heavy atom. The summed E-state index contributed by atoms with van der Waals surface area (Å²) in [7, 11) is 9.18. The molecule has 4 heterocycles. The van der Waals surface area contributed by atoms with Crippen LogP contribution in [0.3, 0.4) is 0 Å². The molecule has 0 amide bonds. The van der Waals surface area contributed by atoms with Gasteiger partial charge in [-0.1, -0.05) is 18.2 Å². The van der Waals surface area contributed by atoms with E-state index in [-0.39, 0.29) is 23.7 Å². The average molecular weight is 657 g/mol. The van der Waals surface area contributed by atoms with E-state index in [9.17, 15) is 5.11 Å². The van der Waals surface area contributed by atoms with Crippen LogP contribution in [0.15, 0.2) is 54.6 Å². The zero-order valence-corrected chi connectivity index (χ0v) is 28.3. The first-order valence-corrected chi connectivity index (χ1v) is 16.6. The van der Waals surface area contributed by atoms with Gasteiger partial charge < -0.3 is 28.8 Å². The Morgan fingerprint density at radius 2 is 1.49 bits per heavy atom. The van der Waals surface area contributed by atoms with Crippen LogP contribution in [-0.2, 0) is 31.6 Å². The predicted molar refractivity (Wildman–Crippen MR) is 182 cm³/mol. The summed E-state index contributed by atoms with van der Waals surface area (Å²) in [6, 6.07) is 18.2. The van der Waals surface area contributed by atoms with Gasteiger partial charge in [-0.2, -0.15) is 0 Å². The second kappa shape index (κ2) is 12.8. The molecule has 8 nitrogen and oxygen atoms in total. The zero-order chi connectivity index (χ0) is 32.8. The minimum Gasteiger partial charge on any atom is -0.504 e. The molecule has 0 radical (unpaired) electrons. The number of methoxy groups -OCH3 is 3. The lowest BCUT2D eigenvalue weighted by Gasteiger charge is -2.38. The van der Waals surface area contributed by atoms with E-state index in [1.165, 1.54) is 5.56 Å². The Balaban J connectivity index is 1.49. The molecule has 0 aliphatic carbocycles. The number of ether oxygens (including phenoxy) is 5. The first kappa shape index (κ1) is 31.5. The van der Waals surface area contributed by atoms with E-state index in [4.69, 9.17) is 35.3 Å². The predicted octanol–water partition coefficient (Wildman–Crippen LogP) is 7.60. The topological polar surface area (TPSA) is 72.9 Å². The van der Waals surface area contributed by atoms with Gasteiger partial charge in [-0.05, 0) is 104 Å². The maximum absolute atomic E-state index is 11.4. The number of halogens is 1. The molecule has 4 aliphatic rings. The summed E-state index contributed by atoms with van der Waals surface area (Å²) in [4.78, 5) is 4.70. The molecule has 1 N–H and O–H groups in total. The first-order chi connectivity index (χ1) is 22.8. The van der Waals surface area contributed by atoms with Crippen molar-refractivity contribution in [3.8, 4) is 46.0 Å². The van der Waals surface area contributed by atoms with Crippen molar-refractivity contribution in [1.29, 1.82) is 0 Å². The van der Waals surface area contributed by atoms with E-state index in [1.807, 2.05) is 30.3 Å². The number of hydrogen-bond donors (Lipinski definition) is 1. The van der Waals surface area contributed by atoms with Gasteiger partial charge in [0.2, 0.25) is 5.75 Å². The molecule has 6 bridgehead atoms. The molecule has 4 aliphatic heterocycles. The molecule has 0 saturated heterocycles. The fourth-order valence-corrected chi connectivity index (χ4v) is 7.78. The first-order valence-electron chi connectivity index (χ1n) is 16.1. The fraction of sp³-hybridized carbons (Fsp3) is 0.368. The van der Waals surface area contributed by atoms with E-state index in [0.717, 1.165) is 71.5 Å². The highest BCUT2D eigenvalue weighted by Crippen LogP contribution is 2.54. The van der Waals surface area contributed by atoms with E-state index in [1.54, 1.807) is 21.3 Å². The quantitative estimate of drug-likeness (QED) is 0.225. The van der Waals surface area contributed by atoms with E-state index >= 15 is 0 Å². The fourth-order valence-electron chi connectivity index (χ4n) is 7.50. The van der Waals surface area contributed by atoms with Crippen molar-refractivity contribution in [3.05, 3.63) is 93.5 Å². The second-order valence-corrected chi connectivity index (χ2v) is 12.9. The van der Waals surface area contributed by atoms with Crippen molar-refractivity contribution in [2.24, 2.45) is 0 Å². The number of alkyl halides is 1. The van der Waals surface area contributed by atoms with E-state index in [0.29, 0.717) is 40.9 Å².